The van der Waals surface area contributed by atoms with Gasteiger partial charge in [0.05, 0.1) is 0 Å². The second kappa shape index (κ2) is 3.24. The van der Waals surface area contributed by atoms with E-state index in [1.165, 1.54) is 6.42 Å². The Bertz CT molecular complexity index is 156. The van der Waals surface area contributed by atoms with Crippen molar-refractivity contribution in [3.63, 3.8) is 0 Å². The van der Waals surface area contributed by atoms with Crippen molar-refractivity contribution in [1.29, 1.82) is 0 Å². The van der Waals surface area contributed by atoms with Crippen LogP contribution in [0.25, 0.3) is 0 Å². The van der Waals surface area contributed by atoms with Gasteiger partial charge in [0.25, 0.3) is 0 Å². The number of carbonyl (C=O) groups excluding carboxylic acids is 1. The molecular formula is C9H17NO. The van der Waals surface area contributed by atoms with Crippen molar-refractivity contribution in [2.24, 2.45) is 5.92 Å². The van der Waals surface area contributed by atoms with Crippen molar-refractivity contribution in [3.05, 3.63) is 0 Å². The fraction of sp³-hybridized carbons (Fsp3) is 0.889. The number of rotatable bonds is 1. The third kappa shape index (κ3) is 1.73. The second-order valence-electron chi connectivity index (χ2n) is 3.59. The van der Waals surface area contributed by atoms with Crippen LogP contribution >= 0.6 is 0 Å². The van der Waals surface area contributed by atoms with Gasteiger partial charge in [-0.15, -0.1) is 0 Å². The predicted octanol–water partition coefficient (Wildman–Crippen LogP) is 1.65. The molecule has 1 aliphatic rings. The molecule has 0 bridgehead atoms. The summed E-state index contributed by atoms with van der Waals surface area (Å²) in [7, 11) is 0. The SMILES string of the molecule is CCC(=O)N1CC(C)CC1C. The lowest BCUT2D eigenvalue weighted by Gasteiger charge is -2.20. The molecule has 1 aliphatic heterocycles. The van der Waals surface area contributed by atoms with Crippen LogP contribution in [0.3, 0.4) is 0 Å². The van der Waals surface area contributed by atoms with Gasteiger partial charge in [0.2, 0.25) is 5.91 Å². The molecule has 1 fully saturated rings. The van der Waals surface area contributed by atoms with Gasteiger partial charge in [-0.1, -0.05) is 13.8 Å². The van der Waals surface area contributed by atoms with Gasteiger partial charge in [-0.2, -0.15) is 0 Å². The van der Waals surface area contributed by atoms with E-state index in [2.05, 4.69) is 13.8 Å². The molecule has 2 heteroatoms. The summed E-state index contributed by atoms with van der Waals surface area (Å²) in [6.45, 7) is 7.24. The predicted molar refractivity (Wildman–Crippen MR) is 45.2 cm³/mol. The summed E-state index contributed by atoms with van der Waals surface area (Å²) in [5.74, 6) is 1.00. The van der Waals surface area contributed by atoms with Gasteiger partial charge >= 0.3 is 0 Å². The van der Waals surface area contributed by atoms with Crippen molar-refractivity contribution in [3.8, 4) is 0 Å². The average Bonchev–Trinajstić information content (AvgIpc) is 2.28. The van der Waals surface area contributed by atoms with Crippen molar-refractivity contribution in [1.82, 2.24) is 4.90 Å². The zero-order valence-corrected chi connectivity index (χ0v) is 7.63. The third-order valence-electron chi connectivity index (χ3n) is 2.41. The molecule has 1 saturated heterocycles. The highest BCUT2D eigenvalue weighted by atomic mass is 16.2. The first-order chi connectivity index (χ1) is 5.15. The van der Waals surface area contributed by atoms with Gasteiger partial charge in [-0.3, -0.25) is 4.79 Å². The van der Waals surface area contributed by atoms with Crippen LogP contribution in [0.5, 0.6) is 0 Å². The highest BCUT2D eigenvalue weighted by molar-refractivity contribution is 5.76. The molecule has 0 aromatic heterocycles. The van der Waals surface area contributed by atoms with Crippen LogP contribution in [0.2, 0.25) is 0 Å². The van der Waals surface area contributed by atoms with Crippen molar-refractivity contribution in [2.45, 2.75) is 39.7 Å². The van der Waals surface area contributed by atoms with E-state index in [4.69, 9.17) is 0 Å². The van der Waals surface area contributed by atoms with Crippen LogP contribution in [0.4, 0.5) is 0 Å². The van der Waals surface area contributed by atoms with E-state index >= 15 is 0 Å². The van der Waals surface area contributed by atoms with Crippen molar-refractivity contribution in [2.75, 3.05) is 6.54 Å². The lowest BCUT2D eigenvalue weighted by Crippen LogP contribution is -2.33. The van der Waals surface area contributed by atoms with Crippen molar-refractivity contribution < 1.29 is 4.79 Å². The highest BCUT2D eigenvalue weighted by Crippen LogP contribution is 2.22. The molecule has 0 saturated carbocycles. The average molecular weight is 155 g/mol. The molecule has 0 aliphatic carbocycles. The normalized spacial score (nSPS) is 31.0. The molecule has 0 N–H and O–H groups in total. The Kier molecular flexibility index (Phi) is 2.53. The molecule has 2 atom stereocenters. The summed E-state index contributed by atoms with van der Waals surface area (Å²) in [5.41, 5.74) is 0. The summed E-state index contributed by atoms with van der Waals surface area (Å²) >= 11 is 0. The summed E-state index contributed by atoms with van der Waals surface area (Å²) in [6, 6.07) is 0.470. The van der Waals surface area contributed by atoms with Crippen LogP contribution in [0, 0.1) is 5.92 Å². The first kappa shape index (κ1) is 8.57. The Labute approximate surface area is 68.6 Å². The zero-order chi connectivity index (χ0) is 8.43. The Hall–Kier alpha value is -0.530. The molecule has 64 valence electrons. The molecule has 2 nitrogen and oxygen atoms in total. The lowest BCUT2D eigenvalue weighted by molar-refractivity contribution is -0.131. The Balaban J connectivity index is 2.52. The smallest absolute Gasteiger partial charge is 0.222 e. The summed E-state index contributed by atoms with van der Waals surface area (Å²) < 4.78 is 0. The van der Waals surface area contributed by atoms with Gasteiger partial charge in [-0.25, -0.2) is 0 Å². The molecule has 0 radical (unpaired) electrons. The molecule has 1 rings (SSSR count). The molecule has 0 spiro atoms. The van der Waals surface area contributed by atoms with Gasteiger partial charge in [-0.05, 0) is 19.3 Å². The molecule has 0 aromatic rings. The largest absolute Gasteiger partial charge is 0.340 e. The first-order valence-corrected chi connectivity index (χ1v) is 4.44. The fourth-order valence-electron chi connectivity index (χ4n) is 1.85. The first-order valence-electron chi connectivity index (χ1n) is 4.44. The van der Waals surface area contributed by atoms with Crippen molar-refractivity contribution >= 4 is 5.91 Å². The van der Waals surface area contributed by atoms with E-state index in [1.54, 1.807) is 0 Å². The van der Waals surface area contributed by atoms with E-state index in [1.807, 2.05) is 11.8 Å². The van der Waals surface area contributed by atoms with Gasteiger partial charge < -0.3 is 4.90 Å². The number of amides is 1. The summed E-state index contributed by atoms with van der Waals surface area (Å²) in [6.07, 6.45) is 1.82. The van der Waals surface area contributed by atoms with E-state index in [0.717, 1.165) is 6.54 Å². The maximum absolute atomic E-state index is 11.3. The van der Waals surface area contributed by atoms with E-state index in [9.17, 15) is 4.79 Å². The summed E-state index contributed by atoms with van der Waals surface area (Å²) in [4.78, 5) is 13.3. The summed E-state index contributed by atoms with van der Waals surface area (Å²) in [5, 5.41) is 0. The minimum atomic E-state index is 0.307. The number of hydrogen-bond acceptors (Lipinski definition) is 1. The van der Waals surface area contributed by atoms with Gasteiger partial charge in [0.1, 0.15) is 0 Å². The number of likely N-dealkylation sites (tertiary alicyclic amines) is 1. The standard InChI is InChI=1S/C9H17NO/c1-4-9(11)10-6-7(2)5-8(10)3/h7-8H,4-6H2,1-3H3. The Morgan fingerprint density at radius 3 is 2.55 bits per heavy atom. The van der Waals surface area contributed by atoms with E-state index in [-0.39, 0.29) is 0 Å². The molecular weight excluding hydrogens is 138 g/mol. The van der Waals surface area contributed by atoms with Crippen LogP contribution in [-0.2, 0) is 4.79 Å². The molecule has 0 aromatic carbocycles. The second-order valence-corrected chi connectivity index (χ2v) is 3.59. The van der Waals surface area contributed by atoms with Gasteiger partial charge in [0, 0.05) is 19.0 Å². The lowest BCUT2D eigenvalue weighted by atomic mass is 10.1. The minimum Gasteiger partial charge on any atom is -0.340 e. The van der Waals surface area contributed by atoms with Crippen LogP contribution in [0.15, 0.2) is 0 Å². The molecule has 2 unspecified atom stereocenters. The van der Waals surface area contributed by atoms with E-state index in [0.29, 0.717) is 24.3 Å². The monoisotopic (exact) mass is 155 g/mol. The third-order valence-corrected chi connectivity index (χ3v) is 2.41. The fourth-order valence-corrected chi connectivity index (χ4v) is 1.85. The zero-order valence-electron chi connectivity index (χ0n) is 7.63. The van der Waals surface area contributed by atoms with Gasteiger partial charge in [0.15, 0.2) is 0 Å². The molecule has 11 heavy (non-hydrogen) atoms. The van der Waals surface area contributed by atoms with Crippen LogP contribution in [-0.4, -0.2) is 23.4 Å². The number of hydrogen-bond donors (Lipinski definition) is 0. The maximum atomic E-state index is 11.3. The Morgan fingerprint density at radius 2 is 2.18 bits per heavy atom. The van der Waals surface area contributed by atoms with Crippen LogP contribution < -0.4 is 0 Å². The molecule has 1 amide bonds. The molecule has 1 heterocycles. The maximum Gasteiger partial charge on any atom is 0.222 e. The van der Waals surface area contributed by atoms with Crippen LogP contribution in [0.1, 0.15) is 33.6 Å². The number of nitrogens with zero attached hydrogens (tertiary/aromatic N) is 1. The Morgan fingerprint density at radius 1 is 1.55 bits per heavy atom. The number of carbonyl (C=O) groups is 1. The van der Waals surface area contributed by atoms with E-state index < -0.39 is 0 Å². The topological polar surface area (TPSA) is 20.3 Å². The minimum absolute atomic E-state index is 0.307. The quantitative estimate of drug-likeness (QED) is 0.564. The highest BCUT2D eigenvalue weighted by Gasteiger charge is 2.28.